The molecule has 0 aromatic heterocycles. The van der Waals surface area contributed by atoms with Crippen molar-refractivity contribution in [2.45, 2.75) is 6.42 Å². The molecule has 0 spiro atoms. The molecule has 1 aliphatic heterocycles. The van der Waals surface area contributed by atoms with E-state index in [1.54, 1.807) is 28.0 Å². The van der Waals surface area contributed by atoms with E-state index in [0.29, 0.717) is 5.56 Å². The highest BCUT2D eigenvalue weighted by Gasteiger charge is 2.16. The first-order chi connectivity index (χ1) is 9.66. The van der Waals surface area contributed by atoms with Gasteiger partial charge in [-0.25, -0.2) is 0 Å². The van der Waals surface area contributed by atoms with E-state index in [1.807, 2.05) is 12.1 Å². The Morgan fingerprint density at radius 2 is 2.05 bits per heavy atom. The molecule has 1 aliphatic rings. The lowest BCUT2D eigenvalue weighted by molar-refractivity contribution is -0.926. The third kappa shape index (κ3) is 4.15. The number of hydrogen-bond donors (Lipinski definition) is 2. The van der Waals surface area contributed by atoms with Crippen molar-refractivity contribution in [3.8, 4) is 0 Å². The number of hydrogen-bond acceptors (Lipinski definition) is 2. The second-order valence-corrected chi connectivity index (χ2v) is 5.48. The van der Waals surface area contributed by atoms with Crippen LogP contribution in [0.5, 0.6) is 0 Å². The van der Waals surface area contributed by atoms with Crippen molar-refractivity contribution in [3.63, 3.8) is 0 Å². The molecule has 1 fully saturated rings. The first kappa shape index (κ1) is 14.7. The van der Waals surface area contributed by atoms with Crippen LogP contribution in [0.1, 0.15) is 12.0 Å². The number of nitrogens with one attached hydrogen (secondary N) is 2. The number of quaternary nitrogens is 2. The predicted octanol–water partition coefficient (Wildman–Crippen LogP) is -0.589. The van der Waals surface area contributed by atoms with Crippen molar-refractivity contribution in [3.05, 3.63) is 46.0 Å². The molecule has 1 saturated heterocycles. The van der Waals surface area contributed by atoms with Crippen LogP contribution in [-0.2, 0) is 0 Å². The van der Waals surface area contributed by atoms with Crippen LogP contribution in [0.25, 0.3) is 6.08 Å². The van der Waals surface area contributed by atoms with Gasteiger partial charge in [-0.15, -0.1) is 0 Å². The van der Waals surface area contributed by atoms with E-state index < -0.39 is 0 Å². The second kappa shape index (κ2) is 7.17. The fraction of sp³-hybridized carbons (Fsp3) is 0.467. The third-order valence-electron chi connectivity index (χ3n) is 3.88. The first-order valence-corrected chi connectivity index (χ1v) is 7.21. The number of rotatable bonds is 4. The van der Waals surface area contributed by atoms with Crippen molar-refractivity contribution in [2.24, 2.45) is 0 Å². The van der Waals surface area contributed by atoms with Gasteiger partial charge in [-0.05, 0) is 18.2 Å². The zero-order chi connectivity index (χ0) is 14.4. The van der Waals surface area contributed by atoms with Gasteiger partial charge in [0.1, 0.15) is 13.1 Å². The summed E-state index contributed by atoms with van der Waals surface area (Å²) < 4.78 is 0. The van der Waals surface area contributed by atoms with Gasteiger partial charge in [-0.3, -0.25) is 10.1 Å². The summed E-state index contributed by atoms with van der Waals surface area (Å²) in [5.74, 6) is 0. The van der Waals surface area contributed by atoms with Crippen LogP contribution in [-0.4, -0.2) is 44.7 Å². The molecule has 20 heavy (non-hydrogen) atoms. The summed E-state index contributed by atoms with van der Waals surface area (Å²) in [7, 11) is 2.24. The van der Waals surface area contributed by atoms with Crippen molar-refractivity contribution >= 4 is 11.8 Å². The minimum atomic E-state index is -0.323. The highest BCUT2D eigenvalue weighted by Crippen LogP contribution is 2.18. The number of para-hydroxylation sites is 1. The Kier molecular flexibility index (Phi) is 5.26. The second-order valence-electron chi connectivity index (χ2n) is 5.48. The Morgan fingerprint density at radius 1 is 1.25 bits per heavy atom. The molecule has 5 nitrogen and oxygen atoms in total. The number of nitro benzene ring substituents is 1. The minimum Gasteiger partial charge on any atom is -0.333 e. The van der Waals surface area contributed by atoms with Gasteiger partial charge in [0, 0.05) is 12.5 Å². The summed E-state index contributed by atoms with van der Waals surface area (Å²) in [4.78, 5) is 13.8. The number of nitrogens with zero attached hydrogens (tertiary/aromatic N) is 1. The molecule has 2 unspecified atom stereocenters. The number of nitro groups is 1. The SMILES string of the molecule is C[NH+]1CCC[NH+](C/C=C/c2ccccc2[N+](=O)[O-])CC1. The van der Waals surface area contributed by atoms with Gasteiger partial charge in [-0.2, -0.15) is 0 Å². The number of likely N-dealkylation sites (N-methyl/N-ethyl adjacent to an activating group) is 1. The normalized spacial score (nSPS) is 23.6. The Labute approximate surface area is 119 Å². The van der Waals surface area contributed by atoms with Crippen LogP contribution in [0, 0.1) is 10.1 Å². The molecule has 1 aromatic rings. The Hall–Kier alpha value is -1.72. The van der Waals surface area contributed by atoms with E-state index in [2.05, 4.69) is 13.1 Å². The zero-order valence-corrected chi connectivity index (χ0v) is 12.0. The summed E-state index contributed by atoms with van der Waals surface area (Å²) in [6.07, 6.45) is 5.20. The maximum absolute atomic E-state index is 10.9. The molecular weight excluding hydrogens is 254 g/mol. The predicted molar refractivity (Wildman–Crippen MR) is 78.9 cm³/mol. The van der Waals surface area contributed by atoms with E-state index >= 15 is 0 Å². The lowest BCUT2D eigenvalue weighted by atomic mass is 10.1. The molecule has 5 heteroatoms. The van der Waals surface area contributed by atoms with E-state index in [9.17, 15) is 10.1 Å². The van der Waals surface area contributed by atoms with Crippen molar-refractivity contribution in [1.82, 2.24) is 0 Å². The largest absolute Gasteiger partial charge is 0.333 e. The summed E-state index contributed by atoms with van der Waals surface area (Å²) in [6.45, 7) is 5.76. The molecule has 108 valence electrons. The molecule has 2 N–H and O–H groups in total. The van der Waals surface area contributed by atoms with E-state index in [-0.39, 0.29) is 10.6 Å². The fourth-order valence-corrected chi connectivity index (χ4v) is 2.63. The zero-order valence-electron chi connectivity index (χ0n) is 12.0. The maximum Gasteiger partial charge on any atom is 0.276 e. The topological polar surface area (TPSA) is 52.0 Å². The summed E-state index contributed by atoms with van der Waals surface area (Å²) >= 11 is 0. The van der Waals surface area contributed by atoms with E-state index in [4.69, 9.17) is 0 Å². The van der Waals surface area contributed by atoms with Gasteiger partial charge in [0.15, 0.2) is 0 Å². The molecule has 2 rings (SSSR count). The van der Waals surface area contributed by atoms with Gasteiger partial charge < -0.3 is 9.80 Å². The average molecular weight is 277 g/mol. The quantitative estimate of drug-likeness (QED) is 0.571. The van der Waals surface area contributed by atoms with Crippen molar-refractivity contribution in [1.29, 1.82) is 0 Å². The van der Waals surface area contributed by atoms with Gasteiger partial charge in [0.05, 0.1) is 37.2 Å². The van der Waals surface area contributed by atoms with E-state index in [0.717, 1.165) is 6.54 Å². The third-order valence-corrected chi connectivity index (χ3v) is 3.88. The monoisotopic (exact) mass is 277 g/mol. The van der Waals surface area contributed by atoms with Gasteiger partial charge in [0.2, 0.25) is 0 Å². The lowest BCUT2D eigenvalue weighted by Gasteiger charge is -2.13. The summed E-state index contributed by atoms with van der Waals surface area (Å²) in [6, 6.07) is 6.89. The molecule has 0 amide bonds. The van der Waals surface area contributed by atoms with Crippen LogP contribution in [0.2, 0.25) is 0 Å². The Bertz CT molecular complexity index is 488. The van der Waals surface area contributed by atoms with Crippen molar-refractivity contribution in [2.75, 3.05) is 39.8 Å². The molecular formula is C15H23N3O2+2. The van der Waals surface area contributed by atoms with Crippen molar-refractivity contribution < 1.29 is 14.7 Å². The van der Waals surface area contributed by atoms with Gasteiger partial charge in [-0.1, -0.05) is 12.1 Å². The van der Waals surface area contributed by atoms with Crippen LogP contribution >= 0.6 is 0 Å². The summed E-state index contributed by atoms with van der Waals surface area (Å²) in [5.41, 5.74) is 0.869. The molecule has 0 bridgehead atoms. The molecule has 2 atom stereocenters. The molecule has 1 heterocycles. The highest BCUT2D eigenvalue weighted by atomic mass is 16.6. The average Bonchev–Trinajstić information content (AvgIpc) is 2.64. The number of benzene rings is 1. The standard InChI is InChI=1S/C15H21N3O2/c1-16-9-5-11-17(13-12-16)10-4-7-14-6-2-3-8-15(14)18(19)20/h2-4,6-8H,5,9-13H2,1H3/p+2/b7-4+. The van der Waals surface area contributed by atoms with Crippen LogP contribution < -0.4 is 9.80 Å². The van der Waals surface area contributed by atoms with E-state index in [1.165, 1.54) is 32.6 Å². The summed E-state index contributed by atoms with van der Waals surface area (Å²) in [5, 5.41) is 10.9. The highest BCUT2D eigenvalue weighted by molar-refractivity contribution is 5.60. The Balaban J connectivity index is 1.95. The molecule has 0 radical (unpaired) electrons. The van der Waals surface area contributed by atoms with Gasteiger partial charge in [0.25, 0.3) is 5.69 Å². The van der Waals surface area contributed by atoms with Crippen LogP contribution in [0.15, 0.2) is 30.3 Å². The van der Waals surface area contributed by atoms with Gasteiger partial charge >= 0.3 is 0 Å². The Morgan fingerprint density at radius 3 is 2.85 bits per heavy atom. The fourth-order valence-electron chi connectivity index (χ4n) is 2.63. The minimum absolute atomic E-state index is 0.179. The maximum atomic E-state index is 10.9. The lowest BCUT2D eigenvalue weighted by Crippen LogP contribution is -3.16. The van der Waals surface area contributed by atoms with Crippen LogP contribution in [0.4, 0.5) is 5.69 Å². The molecule has 1 aromatic carbocycles. The molecule has 0 saturated carbocycles. The van der Waals surface area contributed by atoms with Crippen LogP contribution in [0.3, 0.4) is 0 Å². The smallest absolute Gasteiger partial charge is 0.276 e. The molecule has 0 aliphatic carbocycles. The first-order valence-electron chi connectivity index (χ1n) is 7.21.